The number of rotatable bonds is 4. The molecule has 4 aromatic rings. The molecule has 5 nitrogen and oxygen atoms in total. The molecule has 4 rings (SSSR count). The number of hydrogen-bond donors (Lipinski definition) is 0. The number of benzene rings is 2. The zero-order chi connectivity index (χ0) is 18.1. The van der Waals surface area contributed by atoms with Gasteiger partial charge < -0.3 is 0 Å². The first-order chi connectivity index (χ1) is 12.5. The average molecular weight is 400 g/mol. The predicted molar refractivity (Wildman–Crippen MR) is 105 cm³/mol. The molecule has 26 heavy (non-hydrogen) atoms. The molecule has 130 valence electrons. The van der Waals surface area contributed by atoms with E-state index in [4.69, 9.17) is 0 Å². The molecule has 0 amide bonds. The minimum atomic E-state index is -3.19. The summed E-state index contributed by atoms with van der Waals surface area (Å²) in [6, 6.07) is 14.8. The fourth-order valence-corrected chi connectivity index (χ4v) is 4.42. The van der Waals surface area contributed by atoms with Gasteiger partial charge in [0, 0.05) is 33.7 Å². The molecule has 0 N–H and O–H groups in total. The average Bonchev–Trinajstić information content (AvgIpc) is 3.33. The molecule has 2 aromatic heterocycles. The van der Waals surface area contributed by atoms with Gasteiger partial charge in [-0.1, -0.05) is 40.9 Å². The molecule has 0 unspecified atom stereocenters. The first-order valence-corrected chi connectivity index (χ1v) is 11.3. The summed E-state index contributed by atoms with van der Waals surface area (Å²) in [5.74, 6) is 0. The van der Waals surface area contributed by atoms with Crippen LogP contribution in [0.3, 0.4) is 0 Å². The van der Waals surface area contributed by atoms with Gasteiger partial charge in [0.1, 0.15) is 10.7 Å². The van der Waals surface area contributed by atoms with Gasteiger partial charge in [-0.05, 0) is 23.7 Å². The van der Waals surface area contributed by atoms with Gasteiger partial charge >= 0.3 is 0 Å². The molecule has 0 saturated carbocycles. The fourth-order valence-electron chi connectivity index (χ4n) is 2.49. The normalized spacial score (nSPS) is 11.6. The summed E-state index contributed by atoms with van der Waals surface area (Å²) >= 11 is 2.88. The zero-order valence-corrected chi connectivity index (χ0v) is 16.1. The van der Waals surface area contributed by atoms with E-state index in [0.29, 0.717) is 4.90 Å². The van der Waals surface area contributed by atoms with E-state index in [1.54, 1.807) is 35.6 Å². The van der Waals surface area contributed by atoms with Gasteiger partial charge in [-0.15, -0.1) is 16.4 Å². The summed E-state index contributed by atoms with van der Waals surface area (Å²) in [5, 5.41) is 8.87. The van der Waals surface area contributed by atoms with Crippen molar-refractivity contribution in [3.8, 4) is 33.1 Å². The number of nitrogens with zero attached hydrogens (tertiary/aromatic N) is 3. The molecule has 2 aromatic carbocycles. The van der Waals surface area contributed by atoms with Crippen molar-refractivity contribution in [1.82, 2.24) is 14.6 Å². The molecule has 0 spiro atoms. The quantitative estimate of drug-likeness (QED) is 0.509. The molecular weight excluding hydrogens is 386 g/mol. The number of thiazole rings is 1. The Hall–Kier alpha value is -2.42. The first-order valence-electron chi connectivity index (χ1n) is 7.64. The lowest BCUT2D eigenvalue weighted by atomic mass is 10.1. The Balaban J connectivity index is 1.60. The minimum Gasteiger partial charge on any atom is -0.236 e. The lowest BCUT2D eigenvalue weighted by molar-refractivity contribution is 0.602. The van der Waals surface area contributed by atoms with E-state index in [1.807, 2.05) is 35.0 Å². The SMILES string of the molecule is CS(=O)(=O)c1ccc(-c2csc(-c3ccc(-c4csnn4)cc3)n2)cc1. The zero-order valence-electron chi connectivity index (χ0n) is 13.7. The molecule has 0 bridgehead atoms. The Bertz CT molecular complexity index is 1130. The van der Waals surface area contributed by atoms with Crippen LogP contribution in [0.2, 0.25) is 0 Å². The van der Waals surface area contributed by atoms with Crippen LogP contribution in [-0.2, 0) is 9.84 Å². The highest BCUT2D eigenvalue weighted by atomic mass is 32.2. The summed E-state index contributed by atoms with van der Waals surface area (Å²) in [4.78, 5) is 4.99. The minimum absolute atomic E-state index is 0.309. The van der Waals surface area contributed by atoms with Gasteiger partial charge in [-0.25, -0.2) is 13.4 Å². The van der Waals surface area contributed by atoms with Crippen molar-refractivity contribution in [2.24, 2.45) is 0 Å². The van der Waals surface area contributed by atoms with Gasteiger partial charge in [-0.2, -0.15) is 0 Å². The van der Waals surface area contributed by atoms with Crippen LogP contribution >= 0.6 is 22.9 Å². The number of aromatic nitrogens is 3. The highest BCUT2D eigenvalue weighted by Gasteiger charge is 2.10. The highest BCUT2D eigenvalue weighted by Crippen LogP contribution is 2.30. The van der Waals surface area contributed by atoms with Crippen LogP contribution in [0.5, 0.6) is 0 Å². The molecular formula is C18H13N3O2S3. The van der Waals surface area contributed by atoms with Crippen LogP contribution < -0.4 is 0 Å². The Labute approximate surface area is 159 Å². The third-order valence-electron chi connectivity index (χ3n) is 3.87. The lowest BCUT2D eigenvalue weighted by Crippen LogP contribution is -1.96. The summed E-state index contributed by atoms with van der Waals surface area (Å²) in [7, 11) is -3.19. The van der Waals surface area contributed by atoms with Crippen molar-refractivity contribution in [2.45, 2.75) is 4.90 Å². The van der Waals surface area contributed by atoms with Crippen LogP contribution in [0.1, 0.15) is 0 Å². The topological polar surface area (TPSA) is 72.8 Å². The summed E-state index contributed by atoms with van der Waals surface area (Å²) in [6.07, 6.45) is 1.20. The fraction of sp³-hybridized carbons (Fsp3) is 0.0556. The predicted octanol–water partition coefficient (Wildman–Crippen LogP) is 4.40. The third-order valence-corrected chi connectivity index (χ3v) is 6.39. The van der Waals surface area contributed by atoms with E-state index in [9.17, 15) is 8.42 Å². The molecule has 0 aliphatic carbocycles. The summed E-state index contributed by atoms with van der Waals surface area (Å²) in [5.41, 5.74) is 4.65. The second kappa shape index (κ2) is 6.71. The van der Waals surface area contributed by atoms with Crippen LogP contribution in [0.25, 0.3) is 33.1 Å². The Morgan fingerprint density at radius 1 is 0.808 bits per heavy atom. The van der Waals surface area contributed by atoms with Crippen molar-refractivity contribution >= 4 is 32.7 Å². The summed E-state index contributed by atoms with van der Waals surface area (Å²) in [6.45, 7) is 0. The van der Waals surface area contributed by atoms with E-state index in [1.165, 1.54) is 17.8 Å². The second-order valence-electron chi connectivity index (χ2n) is 5.70. The monoisotopic (exact) mass is 399 g/mol. The maximum absolute atomic E-state index is 11.6. The number of sulfone groups is 1. The lowest BCUT2D eigenvalue weighted by Gasteiger charge is -2.01. The highest BCUT2D eigenvalue weighted by molar-refractivity contribution is 7.90. The van der Waals surface area contributed by atoms with Crippen molar-refractivity contribution in [3.63, 3.8) is 0 Å². The van der Waals surface area contributed by atoms with Crippen molar-refractivity contribution in [2.75, 3.05) is 6.26 Å². The maximum Gasteiger partial charge on any atom is 0.175 e. The van der Waals surface area contributed by atoms with Crippen molar-refractivity contribution in [1.29, 1.82) is 0 Å². The Morgan fingerprint density at radius 2 is 1.42 bits per heavy atom. The standard InChI is InChI=1S/C18H13N3O2S3/c1-26(22,23)15-8-6-12(7-9-15)16-10-24-18(19-16)14-4-2-13(3-5-14)17-11-25-21-20-17/h2-11H,1H3. The first kappa shape index (κ1) is 17.0. The van der Waals surface area contributed by atoms with Gasteiger partial charge in [-0.3, -0.25) is 0 Å². The molecule has 0 aliphatic rings. The molecule has 0 saturated heterocycles. The van der Waals surface area contributed by atoms with E-state index < -0.39 is 9.84 Å². The van der Waals surface area contributed by atoms with E-state index in [2.05, 4.69) is 14.6 Å². The molecule has 0 aliphatic heterocycles. The third kappa shape index (κ3) is 3.44. The summed E-state index contributed by atoms with van der Waals surface area (Å²) < 4.78 is 27.0. The van der Waals surface area contributed by atoms with Gasteiger partial charge in [0.05, 0.1) is 10.6 Å². The molecule has 8 heteroatoms. The number of hydrogen-bond acceptors (Lipinski definition) is 7. The largest absolute Gasteiger partial charge is 0.236 e. The van der Waals surface area contributed by atoms with Crippen molar-refractivity contribution in [3.05, 3.63) is 59.3 Å². The van der Waals surface area contributed by atoms with Crippen LogP contribution in [-0.4, -0.2) is 29.2 Å². The Kier molecular flexibility index (Phi) is 4.39. The molecule has 0 fully saturated rings. The van der Waals surface area contributed by atoms with Gasteiger partial charge in [0.2, 0.25) is 0 Å². The molecule has 2 heterocycles. The smallest absolute Gasteiger partial charge is 0.175 e. The van der Waals surface area contributed by atoms with Crippen LogP contribution in [0, 0.1) is 0 Å². The van der Waals surface area contributed by atoms with Crippen LogP contribution in [0.4, 0.5) is 0 Å². The van der Waals surface area contributed by atoms with E-state index in [-0.39, 0.29) is 0 Å². The second-order valence-corrected chi connectivity index (χ2v) is 9.19. The van der Waals surface area contributed by atoms with Gasteiger partial charge in [0.25, 0.3) is 0 Å². The maximum atomic E-state index is 11.6. The van der Waals surface area contributed by atoms with Crippen LogP contribution in [0.15, 0.2) is 64.2 Å². The molecule has 0 radical (unpaired) electrons. The molecule has 0 atom stereocenters. The van der Waals surface area contributed by atoms with E-state index >= 15 is 0 Å². The van der Waals surface area contributed by atoms with Crippen molar-refractivity contribution < 1.29 is 8.42 Å². The van der Waals surface area contributed by atoms with Gasteiger partial charge in [0.15, 0.2) is 9.84 Å². The van der Waals surface area contributed by atoms with E-state index in [0.717, 1.165) is 33.1 Å². The Morgan fingerprint density at radius 3 is 2.04 bits per heavy atom.